The third kappa shape index (κ3) is 69.4. The summed E-state index contributed by atoms with van der Waals surface area (Å²) in [5.74, 6) is -1.13. The van der Waals surface area contributed by atoms with Crippen LogP contribution in [0.4, 0.5) is 0 Å². The lowest BCUT2D eigenvalue weighted by atomic mass is 10.1. The Balaban J connectivity index is -0.000000402. The van der Waals surface area contributed by atoms with E-state index in [1.54, 1.807) is 13.8 Å². The second kappa shape index (κ2) is 63.8. The number of unbranched alkanes of at least 4 members (excludes halogenated alkanes) is 34. The minimum Gasteiger partial charge on any atom is -0.463 e. The lowest BCUT2D eigenvalue weighted by Gasteiger charge is -2.04. The highest BCUT2D eigenvalue weighted by Gasteiger charge is 2.03. The van der Waals surface area contributed by atoms with Crippen molar-refractivity contribution >= 4 is 23.9 Å². The summed E-state index contributed by atoms with van der Waals surface area (Å²) < 4.78 is 19.9. The first-order valence-corrected chi connectivity index (χ1v) is 28.2. The molecule has 0 saturated heterocycles. The highest BCUT2D eigenvalue weighted by molar-refractivity contribution is 5.87. The standard InChI is InChI=1S/C16H30O2.2C15H28O2.C14H26O2/c1-4-5-6-7-8-9-10-11-12-13-14-18-16(17)15(2)3;1-4-5-6-7-8-9-10-11-12-13-17-15(16)14(2)3;1-3-5-6-7-8-9-10-11-12-13-14-17-15(16)4-2;1-3-5-6-7-8-9-10-11-12-13-16-14(15)4-2/h2,4-14H2,1,3H3;2,4-13H2,1,3H3;4H,2-3,5-14H2,1H3;4H,2-3,5-13H2,1H3. The summed E-state index contributed by atoms with van der Waals surface area (Å²) >= 11 is 0. The van der Waals surface area contributed by atoms with Gasteiger partial charge in [-0.2, -0.15) is 0 Å². The molecule has 0 aliphatic carbocycles. The van der Waals surface area contributed by atoms with Crippen molar-refractivity contribution in [2.75, 3.05) is 26.4 Å². The van der Waals surface area contributed by atoms with Gasteiger partial charge in [0.25, 0.3) is 0 Å². The molecular weight excluding hydrogens is 849 g/mol. The van der Waals surface area contributed by atoms with Gasteiger partial charge in [0.1, 0.15) is 0 Å². The Labute approximate surface area is 422 Å². The molecule has 0 aromatic carbocycles. The lowest BCUT2D eigenvalue weighted by molar-refractivity contribution is -0.139. The Morgan fingerprint density at radius 3 is 0.618 bits per heavy atom. The van der Waals surface area contributed by atoms with Gasteiger partial charge in [0.15, 0.2) is 0 Å². The fourth-order valence-corrected chi connectivity index (χ4v) is 7.04. The summed E-state index contributed by atoms with van der Waals surface area (Å²) in [4.78, 5) is 43.6. The van der Waals surface area contributed by atoms with E-state index < -0.39 is 0 Å². The van der Waals surface area contributed by atoms with Crippen molar-refractivity contribution in [1.82, 2.24) is 0 Å². The third-order valence-electron chi connectivity index (χ3n) is 11.5. The van der Waals surface area contributed by atoms with Gasteiger partial charge in [0.2, 0.25) is 0 Å². The molecule has 0 N–H and O–H groups in total. The van der Waals surface area contributed by atoms with Crippen molar-refractivity contribution in [3.05, 3.63) is 49.6 Å². The summed E-state index contributed by atoms with van der Waals surface area (Å²) in [7, 11) is 0. The number of ether oxygens (including phenoxy) is 4. The van der Waals surface area contributed by atoms with Gasteiger partial charge in [-0.3, -0.25) is 0 Å². The normalized spacial score (nSPS) is 10.2. The van der Waals surface area contributed by atoms with Crippen molar-refractivity contribution in [3.63, 3.8) is 0 Å². The summed E-state index contributed by atoms with van der Waals surface area (Å²) in [5, 5.41) is 0. The molecule has 0 atom stereocenters. The number of hydrogen-bond donors (Lipinski definition) is 0. The summed E-state index contributed by atoms with van der Waals surface area (Å²) in [6.45, 7) is 28.3. The van der Waals surface area contributed by atoms with Crippen molar-refractivity contribution in [1.29, 1.82) is 0 Å². The predicted octanol–water partition coefficient (Wildman–Crippen LogP) is 18.5. The zero-order valence-electron chi connectivity index (χ0n) is 45.9. The van der Waals surface area contributed by atoms with Crippen LogP contribution in [0.5, 0.6) is 0 Å². The molecule has 0 aromatic rings. The molecule has 0 unspecified atom stereocenters. The van der Waals surface area contributed by atoms with Gasteiger partial charge in [-0.25, -0.2) is 19.2 Å². The predicted molar refractivity (Wildman–Crippen MR) is 292 cm³/mol. The first kappa shape index (κ1) is 71.4. The second-order valence-electron chi connectivity index (χ2n) is 18.6. The van der Waals surface area contributed by atoms with Crippen LogP contribution in [0.2, 0.25) is 0 Å². The molecule has 0 amide bonds. The first-order valence-electron chi connectivity index (χ1n) is 28.2. The molecule has 0 spiro atoms. The third-order valence-corrected chi connectivity index (χ3v) is 11.5. The van der Waals surface area contributed by atoms with Gasteiger partial charge in [0, 0.05) is 23.3 Å². The lowest BCUT2D eigenvalue weighted by Crippen LogP contribution is -2.05. The maximum absolute atomic E-state index is 11.1. The molecule has 0 bridgehead atoms. The zero-order valence-corrected chi connectivity index (χ0v) is 45.9. The molecule has 0 aromatic heterocycles. The van der Waals surface area contributed by atoms with Crippen LogP contribution < -0.4 is 0 Å². The minimum absolute atomic E-state index is 0.258. The monoisotopic (exact) mass is 961 g/mol. The quantitative estimate of drug-likeness (QED) is 0.0257. The van der Waals surface area contributed by atoms with Gasteiger partial charge in [-0.15, -0.1) is 0 Å². The maximum Gasteiger partial charge on any atom is 0.333 e. The van der Waals surface area contributed by atoms with Crippen molar-refractivity contribution in [2.45, 2.75) is 286 Å². The van der Waals surface area contributed by atoms with Gasteiger partial charge >= 0.3 is 23.9 Å². The van der Waals surface area contributed by atoms with Crippen LogP contribution in [-0.4, -0.2) is 50.3 Å². The highest BCUT2D eigenvalue weighted by atomic mass is 16.5. The molecule has 0 aliphatic rings. The van der Waals surface area contributed by atoms with Crippen LogP contribution in [0.15, 0.2) is 49.6 Å². The average Bonchev–Trinajstić information content (AvgIpc) is 3.33. The van der Waals surface area contributed by atoms with Crippen molar-refractivity contribution in [2.24, 2.45) is 0 Å². The summed E-state index contributed by atoms with van der Waals surface area (Å²) in [5.41, 5.74) is 0.975. The molecule has 0 heterocycles. The Bertz CT molecular complexity index is 1140. The largest absolute Gasteiger partial charge is 0.463 e. The molecule has 8 nitrogen and oxygen atoms in total. The van der Waals surface area contributed by atoms with Crippen molar-refractivity contribution < 1.29 is 38.1 Å². The fraction of sp³-hybridized carbons (Fsp3) is 0.800. The molecule has 0 fully saturated rings. The van der Waals surface area contributed by atoms with Crippen LogP contribution in [0.3, 0.4) is 0 Å². The molecule has 0 aliphatic heterocycles. The van der Waals surface area contributed by atoms with E-state index in [4.69, 9.17) is 18.9 Å². The van der Waals surface area contributed by atoms with Gasteiger partial charge in [-0.05, 0) is 39.5 Å². The molecule has 400 valence electrons. The number of carbonyl (C=O) groups excluding carboxylic acids is 4. The van der Waals surface area contributed by atoms with E-state index in [2.05, 4.69) is 54.0 Å². The Kier molecular flexibility index (Phi) is 67.0. The van der Waals surface area contributed by atoms with E-state index in [1.165, 1.54) is 218 Å². The molecule has 0 radical (unpaired) electrons. The number of carbonyl (C=O) groups is 4. The molecular formula is C60H112O8. The van der Waals surface area contributed by atoms with Crippen molar-refractivity contribution in [3.8, 4) is 0 Å². The SMILES string of the molecule is C=C(C)C(=O)OCCCCCCCCCCC.C=C(C)C(=O)OCCCCCCCCCCCC.C=CC(=O)OCCCCCCCCCCC.C=CC(=O)OCCCCCCCCCCCC. The zero-order chi connectivity index (χ0) is 51.4. The number of rotatable bonds is 46. The van der Waals surface area contributed by atoms with Crippen LogP contribution in [0, 0.1) is 0 Å². The van der Waals surface area contributed by atoms with Crippen LogP contribution >= 0.6 is 0 Å². The smallest absolute Gasteiger partial charge is 0.333 e. The highest BCUT2D eigenvalue weighted by Crippen LogP contribution is 2.13. The molecule has 0 saturated carbocycles. The van der Waals surface area contributed by atoms with E-state index in [9.17, 15) is 19.2 Å². The molecule has 0 rings (SSSR count). The van der Waals surface area contributed by atoms with E-state index in [-0.39, 0.29) is 23.9 Å². The van der Waals surface area contributed by atoms with Gasteiger partial charge in [-0.1, -0.05) is 272 Å². The summed E-state index contributed by atoms with van der Waals surface area (Å²) in [6, 6.07) is 0. The topological polar surface area (TPSA) is 105 Å². The first-order chi connectivity index (χ1) is 33.0. The molecule has 8 heteroatoms. The minimum atomic E-state index is -0.306. The average molecular weight is 962 g/mol. The van der Waals surface area contributed by atoms with Gasteiger partial charge in [0.05, 0.1) is 26.4 Å². The van der Waals surface area contributed by atoms with E-state index in [0.29, 0.717) is 37.6 Å². The van der Waals surface area contributed by atoms with E-state index >= 15 is 0 Å². The Morgan fingerprint density at radius 2 is 0.456 bits per heavy atom. The van der Waals surface area contributed by atoms with E-state index in [0.717, 1.165) is 38.5 Å². The van der Waals surface area contributed by atoms with E-state index in [1.807, 2.05) is 0 Å². The number of hydrogen-bond acceptors (Lipinski definition) is 8. The fourth-order valence-electron chi connectivity index (χ4n) is 7.04. The number of esters is 4. The van der Waals surface area contributed by atoms with Crippen LogP contribution in [0.1, 0.15) is 286 Å². The second-order valence-corrected chi connectivity index (χ2v) is 18.6. The Morgan fingerprint density at radius 1 is 0.294 bits per heavy atom. The van der Waals surface area contributed by atoms with Crippen LogP contribution in [-0.2, 0) is 38.1 Å². The maximum atomic E-state index is 11.1. The van der Waals surface area contributed by atoms with Gasteiger partial charge < -0.3 is 18.9 Å². The van der Waals surface area contributed by atoms with Crippen LogP contribution in [0.25, 0.3) is 0 Å². The summed E-state index contributed by atoms with van der Waals surface area (Å²) in [6.07, 6.45) is 51.4. The molecule has 68 heavy (non-hydrogen) atoms. The Hall–Kier alpha value is -3.16.